The Balaban J connectivity index is 1.88. The normalized spacial score (nSPS) is 47.9. The third-order valence-electron chi connectivity index (χ3n) is 4.44. The second kappa shape index (κ2) is 2.87. The predicted octanol–water partition coefficient (Wildman–Crippen LogP) is 0.629. The molecule has 1 amide bonds. The fraction of sp³-hybridized carbons (Fsp3) is 0.667. The summed E-state index contributed by atoms with van der Waals surface area (Å²) in [4.78, 5) is 23.0. The summed E-state index contributed by atoms with van der Waals surface area (Å²) < 4.78 is 5.37. The number of ether oxygens (including phenoxy) is 1. The van der Waals surface area contributed by atoms with Gasteiger partial charge in [-0.05, 0) is 24.3 Å². The Kier molecular flexibility index (Phi) is 1.77. The molecule has 5 atom stereocenters. The maximum absolute atomic E-state index is 11.6. The average molecular weight is 221 g/mol. The molecule has 0 aromatic carbocycles. The van der Waals surface area contributed by atoms with E-state index in [1.54, 1.807) is 0 Å². The molecule has 1 N–H and O–H groups in total. The van der Waals surface area contributed by atoms with E-state index in [2.05, 4.69) is 18.8 Å². The van der Waals surface area contributed by atoms with Gasteiger partial charge in [-0.3, -0.25) is 9.59 Å². The minimum atomic E-state index is -0.182. The maximum Gasteiger partial charge on any atom is 0.309 e. The van der Waals surface area contributed by atoms with E-state index < -0.39 is 0 Å². The zero-order valence-electron chi connectivity index (χ0n) is 9.23. The standard InChI is InChI=1S/C12H15NO3/c1-3-8(14)13-10-9-6-4-12(10,2)5-7(6)11(15)16-9/h3,6-7,9-10H,1,4-5H2,2H3,(H,13,14). The summed E-state index contributed by atoms with van der Waals surface area (Å²) in [5.41, 5.74) is 0.0187. The number of hydrogen-bond donors (Lipinski definition) is 1. The first-order chi connectivity index (χ1) is 7.55. The Morgan fingerprint density at radius 1 is 1.62 bits per heavy atom. The zero-order chi connectivity index (χ0) is 11.5. The molecule has 0 aromatic rings. The molecule has 3 aliphatic rings. The summed E-state index contributed by atoms with van der Waals surface area (Å²) in [5.74, 6) is 0.131. The van der Waals surface area contributed by atoms with Gasteiger partial charge in [0.25, 0.3) is 0 Å². The summed E-state index contributed by atoms with van der Waals surface area (Å²) in [6.45, 7) is 5.58. The van der Waals surface area contributed by atoms with Crippen molar-refractivity contribution in [1.29, 1.82) is 0 Å². The lowest BCUT2D eigenvalue weighted by atomic mass is 9.78. The van der Waals surface area contributed by atoms with E-state index in [0.29, 0.717) is 5.92 Å². The summed E-state index contributed by atoms with van der Waals surface area (Å²) in [6.07, 6.45) is 2.98. The van der Waals surface area contributed by atoms with E-state index in [4.69, 9.17) is 4.74 Å². The molecular weight excluding hydrogens is 206 g/mol. The molecule has 1 heterocycles. The molecule has 2 saturated carbocycles. The van der Waals surface area contributed by atoms with Gasteiger partial charge in [0, 0.05) is 5.92 Å². The van der Waals surface area contributed by atoms with Crippen LogP contribution in [0.1, 0.15) is 19.8 Å². The number of hydrogen-bond acceptors (Lipinski definition) is 3. The minimum absolute atomic E-state index is 0.0187. The first kappa shape index (κ1) is 9.87. The van der Waals surface area contributed by atoms with Crippen LogP contribution in [0.15, 0.2) is 12.7 Å². The first-order valence-electron chi connectivity index (χ1n) is 5.68. The van der Waals surface area contributed by atoms with Crippen molar-refractivity contribution in [3.8, 4) is 0 Å². The van der Waals surface area contributed by atoms with Crippen LogP contribution in [0, 0.1) is 17.3 Å². The highest BCUT2D eigenvalue weighted by Crippen LogP contribution is 2.61. The highest BCUT2D eigenvalue weighted by molar-refractivity contribution is 5.87. The molecule has 1 aliphatic heterocycles. The monoisotopic (exact) mass is 221 g/mol. The molecule has 1 saturated heterocycles. The molecule has 0 radical (unpaired) electrons. The Labute approximate surface area is 94.0 Å². The molecule has 0 spiro atoms. The van der Waals surface area contributed by atoms with Crippen LogP contribution in [0.25, 0.3) is 0 Å². The SMILES string of the molecule is C=CC(=O)NC1C2OC(=O)C3CC1(C)CC32. The molecule has 0 aromatic heterocycles. The van der Waals surface area contributed by atoms with E-state index in [9.17, 15) is 9.59 Å². The van der Waals surface area contributed by atoms with Gasteiger partial charge in [0.15, 0.2) is 0 Å². The molecule has 4 heteroatoms. The third kappa shape index (κ3) is 1.05. The van der Waals surface area contributed by atoms with Gasteiger partial charge >= 0.3 is 5.97 Å². The lowest BCUT2D eigenvalue weighted by molar-refractivity contribution is -0.144. The average Bonchev–Trinajstić information content (AvgIpc) is 2.78. The minimum Gasteiger partial charge on any atom is -0.460 e. The van der Waals surface area contributed by atoms with Crippen molar-refractivity contribution in [3.05, 3.63) is 12.7 Å². The van der Waals surface area contributed by atoms with Gasteiger partial charge in [0.05, 0.1) is 12.0 Å². The molecule has 86 valence electrons. The fourth-order valence-corrected chi connectivity index (χ4v) is 3.76. The van der Waals surface area contributed by atoms with Crippen LogP contribution in [0.2, 0.25) is 0 Å². The van der Waals surface area contributed by atoms with Gasteiger partial charge in [0.2, 0.25) is 5.91 Å². The highest BCUT2D eigenvalue weighted by atomic mass is 16.6. The summed E-state index contributed by atoms with van der Waals surface area (Å²) >= 11 is 0. The van der Waals surface area contributed by atoms with Crippen LogP contribution in [-0.4, -0.2) is 24.0 Å². The number of nitrogens with one attached hydrogen (secondary N) is 1. The molecule has 16 heavy (non-hydrogen) atoms. The first-order valence-corrected chi connectivity index (χ1v) is 5.68. The zero-order valence-corrected chi connectivity index (χ0v) is 9.23. The van der Waals surface area contributed by atoms with Crippen molar-refractivity contribution >= 4 is 11.9 Å². The highest BCUT2D eigenvalue weighted by Gasteiger charge is 2.67. The number of carbonyl (C=O) groups excluding carboxylic acids is 2. The van der Waals surface area contributed by atoms with Crippen molar-refractivity contribution in [1.82, 2.24) is 5.32 Å². The molecule has 3 rings (SSSR count). The number of rotatable bonds is 2. The van der Waals surface area contributed by atoms with Gasteiger partial charge in [-0.1, -0.05) is 13.5 Å². The van der Waals surface area contributed by atoms with Crippen molar-refractivity contribution in [2.45, 2.75) is 31.9 Å². The van der Waals surface area contributed by atoms with Crippen molar-refractivity contribution < 1.29 is 14.3 Å². The van der Waals surface area contributed by atoms with Crippen LogP contribution in [0.5, 0.6) is 0 Å². The van der Waals surface area contributed by atoms with E-state index in [-0.39, 0.29) is 35.4 Å². The Bertz CT molecular complexity index is 392. The van der Waals surface area contributed by atoms with Gasteiger partial charge in [-0.25, -0.2) is 0 Å². The molecule has 2 bridgehead atoms. The Morgan fingerprint density at radius 3 is 3.06 bits per heavy atom. The fourth-order valence-electron chi connectivity index (χ4n) is 3.76. The van der Waals surface area contributed by atoms with E-state index in [1.165, 1.54) is 6.08 Å². The Hall–Kier alpha value is -1.32. The second-order valence-corrected chi connectivity index (χ2v) is 5.42. The van der Waals surface area contributed by atoms with Gasteiger partial charge in [-0.2, -0.15) is 0 Å². The second-order valence-electron chi connectivity index (χ2n) is 5.42. The van der Waals surface area contributed by atoms with Crippen LogP contribution in [-0.2, 0) is 14.3 Å². The van der Waals surface area contributed by atoms with Crippen molar-refractivity contribution in [2.24, 2.45) is 17.3 Å². The molecule has 5 unspecified atom stereocenters. The quantitative estimate of drug-likeness (QED) is 0.549. The molecular formula is C12H15NO3. The molecule has 4 nitrogen and oxygen atoms in total. The molecule has 2 aliphatic carbocycles. The Morgan fingerprint density at radius 2 is 2.38 bits per heavy atom. The van der Waals surface area contributed by atoms with Gasteiger partial charge in [-0.15, -0.1) is 0 Å². The lowest BCUT2D eigenvalue weighted by Crippen LogP contribution is -2.50. The van der Waals surface area contributed by atoms with E-state index in [0.717, 1.165) is 12.8 Å². The number of esters is 1. The van der Waals surface area contributed by atoms with Crippen LogP contribution in [0.3, 0.4) is 0 Å². The van der Waals surface area contributed by atoms with Gasteiger partial charge < -0.3 is 10.1 Å². The number of amides is 1. The van der Waals surface area contributed by atoms with Crippen LogP contribution < -0.4 is 5.32 Å². The third-order valence-corrected chi connectivity index (χ3v) is 4.44. The van der Waals surface area contributed by atoms with Crippen LogP contribution >= 0.6 is 0 Å². The van der Waals surface area contributed by atoms with E-state index >= 15 is 0 Å². The number of carbonyl (C=O) groups is 2. The smallest absolute Gasteiger partial charge is 0.309 e. The van der Waals surface area contributed by atoms with E-state index in [1.807, 2.05) is 0 Å². The summed E-state index contributed by atoms with van der Waals surface area (Å²) in [6, 6.07) is -0.0364. The summed E-state index contributed by atoms with van der Waals surface area (Å²) in [5, 5.41) is 2.91. The van der Waals surface area contributed by atoms with Gasteiger partial charge in [0.1, 0.15) is 6.10 Å². The maximum atomic E-state index is 11.6. The predicted molar refractivity (Wildman–Crippen MR) is 56.3 cm³/mol. The lowest BCUT2D eigenvalue weighted by Gasteiger charge is -2.33. The van der Waals surface area contributed by atoms with Crippen molar-refractivity contribution in [3.63, 3.8) is 0 Å². The topological polar surface area (TPSA) is 55.4 Å². The largest absolute Gasteiger partial charge is 0.460 e. The van der Waals surface area contributed by atoms with Crippen molar-refractivity contribution in [2.75, 3.05) is 0 Å². The number of fused-ring (bicyclic) bond motifs is 1. The summed E-state index contributed by atoms with van der Waals surface area (Å²) in [7, 11) is 0. The molecule has 3 fully saturated rings. The van der Waals surface area contributed by atoms with Crippen LogP contribution in [0.4, 0.5) is 0 Å².